The van der Waals surface area contributed by atoms with Crippen molar-refractivity contribution < 1.29 is 13.2 Å². The van der Waals surface area contributed by atoms with E-state index in [1.807, 2.05) is 65.2 Å². The van der Waals surface area contributed by atoms with E-state index in [1.54, 1.807) is 6.07 Å². The molecule has 7 nitrogen and oxygen atoms in total. The molecule has 0 aliphatic heterocycles. The fourth-order valence-corrected chi connectivity index (χ4v) is 4.64. The lowest BCUT2D eigenvalue weighted by Gasteiger charge is -2.20. The van der Waals surface area contributed by atoms with E-state index < -0.39 is 10.0 Å². The number of aryl methyl sites for hydroxylation is 2. The number of nitrogens with zero attached hydrogens (tertiary/aromatic N) is 2. The molecule has 0 spiro atoms. The number of aromatic nitrogens is 2. The molecule has 8 heteroatoms. The van der Waals surface area contributed by atoms with Crippen LogP contribution in [0.1, 0.15) is 42.8 Å². The van der Waals surface area contributed by atoms with Crippen molar-refractivity contribution in [1.82, 2.24) is 14.9 Å². The van der Waals surface area contributed by atoms with Gasteiger partial charge >= 0.3 is 0 Å². The molecular weight excluding hydrogens is 448 g/mol. The van der Waals surface area contributed by atoms with Gasteiger partial charge in [-0.05, 0) is 35.7 Å². The van der Waals surface area contributed by atoms with Gasteiger partial charge in [0.05, 0.1) is 22.0 Å². The maximum atomic E-state index is 13.0. The van der Waals surface area contributed by atoms with Crippen molar-refractivity contribution in [2.45, 2.75) is 43.7 Å². The molecule has 0 aliphatic rings. The second kappa shape index (κ2) is 10.2. The highest BCUT2D eigenvalue weighted by Crippen LogP contribution is 2.23. The Morgan fingerprint density at radius 1 is 1.00 bits per heavy atom. The monoisotopic (exact) mass is 476 g/mol. The molecule has 4 aromatic rings. The number of nitrogens with one attached hydrogen (secondary N) is 1. The Bertz CT molecular complexity index is 1340. The molecule has 3 aromatic carbocycles. The van der Waals surface area contributed by atoms with Crippen LogP contribution in [0.4, 0.5) is 0 Å². The quantitative estimate of drug-likeness (QED) is 0.382. The standard InChI is InChI=1S/C26H28N4O3S/c1-2-17-30-23-14-13-21(34(27,32)33)18-22(23)28-24(30)15-16-25(31)29-26(19-9-5-3-6-10-19)20-11-7-4-8-12-20/h3-14,18,26H,2,15-17H2,1H3,(H,29,31)(H2,27,32,33). The Morgan fingerprint density at radius 2 is 1.62 bits per heavy atom. The van der Waals surface area contributed by atoms with Gasteiger partial charge in [-0.25, -0.2) is 18.5 Å². The lowest BCUT2D eigenvalue weighted by atomic mass is 9.98. The van der Waals surface area contributed by atoms with Crippen LogP contribution in [0.25, 0.3) is 11.0 Å². The first-order chi connectivity index (χ1) is 16.4. The molecule has 0 saturated carbocycles. The minimum absolute atomic E-state index is 0.0269. The number of rotatable bonds is 9. The number of hydrogen-bond acceptors (Lipinski definition) is 4. The molecule has 0 aliphatic carbocycles. The van der Waals surface area contributed by atoms with Crippen LogP contribution in [0.3, 0.4) is 0 Å². The Labute approximate surface area is 199 Å². The van der Waals surface area contributed by atoms with Crippen LogP contribution in [0.5, 0.6) is 0 Å². The van der Waals surface area contributed by atoms with Crippen molar-refractivity contribution in [3.05, 3.63) is 95.8 Å². The Morgan fingerprint density at radius 3 is 2.18 bits per heavy atom. The van der Waals surface area contributed by atoms with Crippen LogP contribution in [-0.2, 0) is 27.8 Å². The van der Waals surface area contributed by atoms with E-state index in [4.69, 9.17) is 5.14 Å². The van der Waals surface area contributed by atoms with E-state index in [1.165, 1.54) is 12.1 Å². The van der Waals surface area contributed by atoms with Crippen LogP contribution < -0.4 is 10.5 Å². The first-order valence-electron chi connectivity index (χ1n) is 11.3. The zero-order valence-corrected chi connectivity index (χ0v) is 19.8. The molecule has 0 fully saturated rings. The SMILES string of the molecule is CCCn1c(CCC(=O)NC(c2ccccc2)c2ccccc2)nc2cc(S(N)(=O)=O)ccc21. The highest BCUT2D eigenvalue weighted by molar-refractivity contribution is 7.89. The molecule has 0 unspecified atom stereocenters. The van der Waals surface area contributed by atoms with Crippen LogP contribution in [0.15, 0.2) is 83.8 Å². The number of carbonyl (C=O) groups is 1. The minimum Gasteiger partial charge on any atom is -0.345 e. The molecular formula is C26H28N4O3S. The molecule has 0 saturated heterocycles. The van der Waals surface area contributed by atoms with Crippen LogP contribution in [-0.4, -0.2) is 23.9 Å². The van der Waals surface area contributed by atoms with Gasteiger partial charge in [0, 0.05) is 19.4 Å². The zero-order valence-electron chi connectivity index (χ0n) is 19.0. The lowest BCUT2D eigenvalue weighted by Crippen LogP contribution is -2.29. The summed E-state index contributed by atoms with van der Waals surface area (Å²) in [6.07, 6.45) is 1.57. The smallest absolute Gasteiger partial charge is 0.238 e. The second-order valence-electron chi connectivity index (χ2n) is 8.20. The van der Waals surface area contributed by atoms with E-state index in [0.717, 1.165) is 35.4 Å². The first kappa shape index (κ1) is 23.7. The number of sulfonamides is 1. The number of hydrogen-bond donors (Lipinski definition) is 2. The van der Waals surface area contributed by atoms with Crippen molar-refractivity contribution >= 4 is 27.0 Å². The van der Waals surface area contributed by atoms with Crippen LogP contribution in [0.2, 0.25) is 0 Å². The molecule has 1 heterocycles. The van der Waals surface area contributed by atoms with Crippen LogP contribution in [0, 0.1) is 0 Å². The minimum atomic E-state index is -3.82. The molecule has 0 radical (unpaired) electrons. The molecule has 4 rings (SSSR count). The molecule has 0 bridgehead atoms. The van der Waals surface area contributed by atoms with E-state index >= 15 is 0 Å². The second-order valence-corrected chi connectivity index (χ2v) is 9.76. The fraction of sp³-hybridized carbons (Fsp3) is 0.231. The maximum Gasteiger partial charge on any atom is 0.238 e. The average Bonchev–Trinajstić information content (AvgIpc) is 3.19. The molecule has 0 atom stereocenters. The molecule has 3 N–H and O–H groups in total. The van der Waals surface area contributed by atoms with E-state index in [-0.39, 0.29) is 23.3 Å². The maximum absolute atomic E-state index is 13.0. The normalized spacial score (nSPS) is 11.7. The first-order valence-corrected chi connectivity index (χ1v) is 12.8. The third kappa shape index (κ3) is 5.35. The lowest BCUT2D eigenvalue weighted by molar-refractivity contribution is -0.121. The Hall–Kier alpha value is -3.49. The van der Waals surface area contributed by atoms with Gasteiger partial charge in [-0.1, -0.05) is 67.6 Å². The van der Waals surface area contributed by atoms with Crippen molar-refractivity contribution in [1.29, 1.82) is 0 Å². The van der Waals surface area contributed by atoms with E-state index in [0.29, 0.717) is 11.9 Å². The van der Waals surface area contributed by atoms with Gasteiger partial charge in [-0.3, -0.25) is 4.79 Å². The summed E-state index contributed by atoms with van der Waals surface area (Å²) in [6, 6.07) is 24.2. The highest BCUT2D eigenvalue weighted by Gasteiger charge is 2.19. The molecule has 34 heavy (non-hydrogen) atoms. The fourth-order valence-electron chi connectivity index (χ4n) is 4.11. The summed E-state index contributed by atoms with van der Waals surface area (Å²) in [7, 11) is -3.82. The number of carbonyl (C=O) groups excluding carboxylic acids is 1. The summed E-state index contributed by atoms with van der Waals surface area (Å²) < 4.78 is 25.5. The summed E-state index contributed by atoms with van der Waals surface area (Å²) in [5.74, 6) is 0.660. The number of nitrogens with two attached hydrogens (primary N) is 1. The molecule has 176 valence electrons. The third-order valence-corrected chi connectivity index (χ3v) is 6.63. The van der Waals surface area contributed by atoms with Gasteiger partial charge in [0.1, 0.15) is 5.82 Å². The summed E-state index contributed by atoms with van der Waals surface area (Å²) in [6.45, 7) is 2.78. The largest absolute Gasteiger partial charge is 0.345 e. The zero-order chi connectivity index (χ0) is 24.1. The van der Waals surface area contributed by atoms with Crippen LogP contribution >= 0.6 is 0 Å². The van der Waals surface area contributed by atoms with Crippen molar-refractivity contribution in [3.8, 4) is 0 Å². The summed E-state index contributed by atoms with van der Waals surface area (Å²) in [4.78, 5) is 17.7. The van der Waals surface area contributed by atoms with E-state index in [2.05, 4.69) is 17.2 Å². The number of benzene rings is 3. The number of imidazole rings is 1. The molecule has 1 aromatic heterocycles. The summed E-state index contributed by atoms with van der Waals surface area (Å²) in [5.41, 5.74) is 3.41. The van der Waals surface area contributed by atoms with Gasteiger partial charge in [-0.2, -0.15) is 0 Å². The van der Waals surface area contributed by atoms with E-state index in [9.17, 15) is 13.2 Å². The third-order valence-electron chi connectivity index (χ3n) is 5.72. The van der Waals surface area contributed by atoms with Gasteiger partial charge < -0.3 is 9.88 Å². The predicted octanol–water partition coefficient (Wildman–Crippen LogP) is 3.93. The molecule has 1 amide bonds. The van der Waals surface area contributed by atoms with Crippen molar-refractivity contribution in [3.63, 3.8) is 0 Å². The Kier molecular flexibility index (Phi) is 7.09. The van der Waals surface area contributed by atoms with Gasteiger partial charge in [0.2, 0.25) is 15.9 Å². The highest BCUT2D eigenvalue weighted by atomic mass is 32.2. The van der Waals surface area contributed by atoms with Gasteiger partial charge in [-0.15, -0.1) is 0 Å². The number of fused-ring (bicyclic) bond motifs is 1. The topological polar surface area (TPSA) is 107 Å². The Balaban J connectivity index is 1.55. The van der Waals surface area contributed by atoms with Crippen molar-refractivity contribution in [2.24, 2.45) is 5.14 Å². The number of amides is 1. The van der Waals surface area contributed by atoms with Crippen molar-refractivity contribution in [2.75, 3.05) is 0 Å². The summed E-state index contributed by atoms with van der Waals surface area (Å²) >= 11 is 0. The average molecular weight is 477 g/mol. The van der Waals surface area contributed by atoms with Gasteiger partial charge in [0.25, 0.3) is 0 Å². The van der Waals surface area contributed by atoms with Gasteiger partial charge in [0.15, 0.2) is 0 Å². The predicted molar refractivity (Wildman–Crippen MR) is 133 cm³/mol. The summed E-state index contributed by atoms with van der Waals surface area (Å²) in [5, 5.41) is 8.44. The number of primary sulfonamides is 1.